The van der Waals surface area contributed by atoms with E-state index in [1.165, 1.54) is 11.1 Å². The summed E-state index contributed by atoms with van der Waals surface area (Å²) in [4.78, 5) is 12.0. The van der Waals surface area contributed by atoms with Gasteiger partial charge in [-0.25, -0.2) is 4.98 Å². The lowest BCUT2D eigenvalue weighted by molar-refractivity contribution is 1.12. The first-order chi connectivity index (χ1) is 12.7. The molecule has 2 heterocycles. The number of aryl methyl sites for hydroxylation is 1. The summed E-state index contributed by atoms with van der Waals surface area (Å²) in [6.07, 6.45) is 1.03. The van der Waals surface area contributed by atoms with Crippen LogP contribution in [-0.2, 0) is 6.42 Å². The zero-order chi connectivity index (χ0) is 18.1. The van der Waals surface area contributed by atoms with Crippen LogP contribution in [0.2, 0.25) is 5.28 Å². The van der Waals surface area contributed by atoms with Crippen LogP contribution < -0.4 is 4.90 Å². The van der Waals surface area contributed by atoms with E-state index < -0.39 is 0 Å². The Bertz CT molecular complexity index is 1040. The van der Waals surface area contributed by atoms with Crippen molar-refractivity contribution in [2.75, 3.05) is 11.9 Å². The van der Waals surface area contributed by atoms with Crippen molar-refractivity contribution < 1.29 is 0 Å². The van der Waals surface area contributed by atoms with Crippen LogP contribution in [0.4, 0.5) is 11.5 Å². The summed E-state index contributed by atoms with van der Waals surface area (Å²) in [6, 6.07) is 18.8. The molecule has 0 saturated heterocycles. The average molecular weight is 380 g/mol. The van der Waals surface area contributed by atoms with E-state index in [1.54, 1.807) is 11.3 Å². The molecule has 0 aliphatic heterocycles. The first-order valence-electron chi connectivity index (χ1n) is 8.50. The molecule has 0 atom stereocenters. The number of thiophene rings is 1. The van der Waals surface area contributed by atoms with Gasteiger partial charge < -0.3 is 4.90 Å². The molecule has 0 amide bonds. The minimum absolute atomic E-state index is 0.269. The molecular weight excluding hydrogens is 362 g/mol. The van der Waals surface area contributed by atoms with Crippen LogP contribution >= 0.6 is 22.9 Å². The van der Waals surface area contributed by atoms with Gasteiger partial charge in [-0.3, -0.25) is 0 Å². The molecule has 0 fully saturated rings. The fourth-order valence-corrected chi connectivity index (χ4v) is 4.20. The second kappa shape index (κ2) is 7.06. The molecule has 0 bridgehead atoms. The third-order valence-corrected chi connectivity index (χ3v) is 5.56. The quantitative estimate of drug-likeness (QED) is 0.387. The van der Waals surface area contributed by atoms with Crippen LogP contribution in [0.25, 0.3) is 21.3 Å². The fraction of sp³-hybridized carbons (Fsp3) is 0.143. The van der Waals surface area contributed by atoms with Crippen LogP contribution in [0.3, 0.4) is 0 Å². The van der Waals surface area contributed by atoms with Gasteiger partial charge in [-0.15, -0.1) is 11.3 Å². The number of anilines is 2. The Labute approximate surface area is 161 Å². The number of benzene rings is 2. The van der Waals surface area contributed by atoms with Gasteiger partial charge >= 0.3 is 0 Å². The van der Waals surface area contributed by atoms with E-state index in [-0.39, 0.29) is 5.28 Å². The highest BCUT2D eigenvalue weighted by Gasteiger charge is 2.18. The molecule has 5 heteroatoms. The summed E-state index contributed by atoms with van der Waals surface area (Å²) in [7, 11) is 2.01. The zero-order valence-electron chi connectivity index (χ0n) is 14.6. The van der Waals surface area contributed by atoms with Gasteiger partial charge in [0.15, 0.2) is 0 Å². The fourth-order valence-electron chi connectivity index (χ4n) is 3.05. The maximum atomic E-state index is 6.21. The molecule has 130 valence electrons. The highest BCUT2D eigenvalue weighted by Crippen LogP contribution is 2.40. The summed E-state index contributed by atoms with van der Waals surface area (Å²) in [5.74, 6) is 0.821. The van der Waals surface area contributed by atoms with Gasteiger partial charge in [-0.05, 0) is 41.3 Å². The van der Waals surface area contributed by atoms with Crippen molar-refractivity contribution in [3.63, 3.8) is 0 Å². The highest BCUT2D eigenvalue weighted by atomic mass is 35.5. The van der Waals surface area contributed by atoms with E-state index in [2.05, 4.69) is 63.6 Å². The Hall–Kier alpha value is -2.43. The predicted octanol–water partition coefficient (Wildman–Crippen LogP) is 6.34. The highest BCUT2D eigenvalue weighted by molar-refractivity contribution is 7.17. The van der Waals surface area contributed by atoms with Crippen molar-refractivity contribution in [1.29, 1.82) is 0 Å². The van der Waals surface area contributed by atoms with E-state index in [0.717, 1.165) is 33.7 Å². The van der Waals surface area contributed by atoms with Crippen LogP contribution in [-0.4, -0.2) is 17.0 Å². The molecule has 4 aromatic rings. The van der Waals surface area contributed by atoms with Crippen molar-refractivity contribution in [2.45, 2.75) is 13.3 Å². The van der Waals surface area contributed by atoms with Crippen molar-refractivity contribution in [3.8, 4) is 11.1 Å². The first-order valence-corrected chi connectivity index (χ1v) is 9.76. The SMILES string of the molecule is CCc1ccc(-c2csc3nc(Cl)nc(N(C)c4ccccc4)c23)cc1. The average Bonchev–Trinajstić information content (AvgIpc) is 3.11. The molecular formula is C21H18ClN3S. The second-order valence-corrected chi connectivity index (χ2v) is 7.29. The number of aromatic nitrogens is 2. The summed E-state index contributed by atoms with van der Waals surface area (Å²) in [5, 5.41) is 3.44. The van der Waals surface area contributed by atoms with Gasteiger partial charge in [0.2, 0.25) is 5.28 Å². The Morgan fingerprint density at radius 3 is 2.42 bits per heavy atom. The third kappa shape index (κ3) is 3.06. The summed E-state index contributed by atoms with van der Waals surface area (Å²) < 4.78 is 0. The van der Waals surface area contributed by atoms with E-state index in [1.807, 2.05) is 25.2 Å². The van der Waals surface area contributed by atoms with Gasteiger partial charge in [0.05, 0.1) is 5.39 Å². The number of fused-ring (bicyclic) bond motifs is 1. The lowest BCUT2D eigenvalue weighted by Gasteiger charge is -2.20. The molecule has 0 N–H and O–H groups in total. The van der Waals surface area contributed by atoms with Crippen molar-refractivity contribution in [1.82, 2.24) is 9.97 Å². The van der Waals surface area contributed by atoms with Gasteiger partial charge in [0.25, 0.3) is 0 Å². The van der Waals surface area contributed by atoms with Gasteiger partial charge in [0, 0.05) is 23.7 Å². The maximum Gasteiger partial charge on any atom is 0.225 e. The molecule has 0 unspecified atom stereocenters. The molecule has 2 aromatic carbocycles. The molecule has 3 nitrogen and oxygen atoms in total. The number of hydrogen-bond donors (Lipinski definition) is 0. The Morgan fingerprint density at radius 2 is 1.73 bits per heavy atom. The van der Waals surface area contributed by atoms with Crippen molar-refractivity contribution >= 4 is 44.7 Å². The minimum atomic E-state index is 0.269. The van der Waals surface area contributed by atoms with Gasteiger partial charge in [-0.1, -0.05) is 49.4 Å². The van der Waals surface area contributed by atoms with Crippen LogP contribution in [0, 0.1) is 0 Å². The zero-order valence-corrected chi connectivity index (χ0v) is 16.2. The Kier molecular flexibility index (Phi) is 4.62. The number of halogens is 1. The van der Waals surface area contributed by atoms with E-state index in [4.69, 9.17) is 11.6 Å². The number of nitrogens with zero attached hydrogens (tertiary/aromatic N) is 3. The molecule has 2 aromatic heterocycles. The monoisotopic (exact) mass is 379 g/mol. The van der Waals surface area contributed by atoms with Crippen LogP contribution in [0.1, 0.15) is 12.5 Å². The van der Waals surface area contributed by atoms with Gasteiger partial charge in [0.1, 0.15) is 10.6 Å². The first kappa shape index (κ1) is 17.0. The van der Waals surface area contributed by atoms with Crippen molar-refractivity contribution in [3.05, 3.63) is 70.8 Å². The number of para-hydroxylation sites is 1. The smallest absolute Gasteiger partial charge is 0.225 e. The van der Waals surface area contributed by atoms with E-state index in [0.29, 0.717) is 0 Å². The molecule has 0 spiro atoms. The predicted molar refractivity (Wildman–Crippen MR) is 112 cm³/mol. The van der Waals surface area contributed by atoms with Gasteiger partial charge in [-0.2, -0.15) is 4.98 Å². The third-order valence-electron chi connectivity index (χ3n) is 4.52. The maximum absolute atomic E-state index is 6.21. The van der Waals surface area contributed by atoms with Crippen LogP contribution in [0.5, 0.6) is 0 Å². The van der Waals surface area contributed by atoms with E-state index in [9.17, 15) is 0 Å². The lowest BCUT2D eigenvalue weighted by atomic mass is 10.0. The largest absolute Gasteiger partial charge is 0.329 e. The van der Waals surface area contributed by atoms with Crippen molar-refractivity contribution in [2.24, 2.45) is 0 Å². The molecule has 0 aliphatic carbocycles. The molecule has 0 saturated carbocycles. The standard InChI is InChI=1S/C21H18ClN3S/c1-3-14-9-11-15(12-10-14)17-13-26-20-18(17)19(23-21(22)24-20)25(2)16-7-5-4-6-8-16/h4-13H,3H2,1-2H3. The number of hydrogen-bond acceptors (Lipinski definition) is 4. The molecule has 4 rings (SSSR count). The normalized spacial score (nSPS) is 11.0. The minimum Gasteiger partial charge on any atom is -0.329 e. The molecule has 26 heavy (non-hydrogen) atoms. The summed E-state index contributed by atoms with van der Waals surface area (Å²) >= 11 is 7.81. The topological polar surface area (TPSA) is 29.0 Å². The Balaban J connectivity index is 1.90. The number of rotatable bonds is 4. The lowest BCUT2D eigenvalue weighted by Crippen LogP contribution is -2.12. The van der Waals surface area contributed by atoms with Crippen LogP contribution in [0.15, 0.2) is 60.0 Å². The summed E-state index contributed by atoms with van der Waals surface area (Å²) in [6.45, 7) is 2.16. The molecule has 0 radical (unpaired) electrons. The second-order valence-electron chi connectivity index (χ2n) is 6.09. The molecule has 0 aliphatic rings. The Morgan fingerprint density at radius 1 is 1.00 bits per heavy atom. The van der Waals surface area contributed by atoms with E-state index >= 15 is 0 Å². The summed E-state index contributed by atoms with van der Waals surface area (Å²) in [5.41, 5.74) is 4.69.